The molecule has 1 saturated carbocycles. The number of aryl methyl sites for hydroxylation is 1. The molecule has 9 rings (SSSR count). The van der Waals surface area contributed by atoms with Crippen molar-refractivity contribution in [1.29, 1.82) is 0 Å². The van der Waals surface area contributed by atoms with E-state index in [1.165, 1.54) is 30.5 Å². The molecule has 2 N–H and O–H groups in total. The number of hydrogen-bond acceptors (Lipinski definition) is 8. The normalized spacial score (nSPS) is 26.1. The van der Waals surface area contributed by atoms with Crippen molar-refractivity contribution in [2.24, 2.45) is 0 Å². The van der Waals surface area contributed by atoms with Gasteiger partial charge >= 0.3 is 6.01 Å². The van der Waals surface area contributed by atoms with Crippen molar-refractivity contribution in [2.45, 2.75) is 80.9 Å². The number of phenolic OH excluding ortho intramolecular Hbond substituents is 1. The SMILES string of the molecule is CCc1c(F)ccc2cc(O)cc(-c3ncc4c(N5CC6CCC(C=C(F)F)(C5)N6)nc(OCC56CCC7(CC7)N5CC(=C(F)F)C6)nc4c3F)c12. The van der Waals surface area contributed by atoms with E-state index in [1.807, 2.05) is 4.90 Å². The summed E-state index contributed by atoms with van der Waals surface area (Å²) < 4.78 is 93.7. The summed E-state index contributed by atoms with van der Waals surface area (Å²) >= 11 is 0. The fourth-order valence-electron chi connectivity index (χ4n) is 9.58. The Kier molecular flexibility index (Phi) is 7.57. The van der Waals surface area contributed by atoms with Crippen LogP contribution in [0.2, 0.25) is 0 Å². The van der Waals surface area contributed by atoms with E-state index in [0.717, 1.165) is 25.3 Å². The lowest BCUT2D eigenvalue weighted by Crippen LogP contribution is -2.59. The van der Waals surface area contributed by atoms with Gasteiger partial charge in [0.25, 0.3) is 12.2 Å². The number of phenols is 1. The highest BCUT2D eigenvalue weighted by Gasteiger charge is 2.64. The molecule has 6 heterocycles. The summed E-state index contributed by atoms with van der Waals surface area (Å²) in [7, 11) is 0. The molecule has 5 fully saturated rings. The standard InChI is InChI=1S/C38H36F6N6O2/c1-2-24-27(39)4-3-20-11-23(51)12-25(29(20)24)31-30(42)32-26(15-45-31)34(49-17-22-5-6-36(18-49,48-22)14-28(40)41)47-35(46-32)52-19-38-10-9-37(7-8-37)50(38)16-21(13-38)33(43)44/h3-4,11-12,14-15,22,48,51H,2,5-10,13,16-19H2,1H3. The fourth-order valence-corrected chi connectivity index (χ4v) is 9.58. The molecule has 2 aromatic carbocycles. The summed E-state index contributed by atoms with van der Waals surface area (Å²) in [4.78, 5) is 17.7. The van der Waals surface area contributed by atoms with Crippen LogP contribution in [0.1, 0.15) is 57.4 Å². The summed E-state index contributed by atoms with van der Waals surface area (Å²) in [6, 6.07) is 5.30. The molecule has 5 aliphatic rings. The zero-order valence-corrected chi connectivity index (χ0v) is 28.4. The molecule has 1 aliphatic carbocycles. The van der Waals surface area contributed by atoms with Gasteiger partial charge in [0.05, 0.1) is 16.5 Å². The van der Waals surface area contributed by atoms with Gasteiger partial charge in [-0.3, -0.25) is 9.88 Å². The van der Waals surface area contributed by atoms with Gasteiger partial charge in [0.1, 0.15) is 35.2 Å². The van der Waals surface area contributed by atoms with Crippen LogP contribution in [-0.2, 0) is 6.42 Å². The van der Waals surface area contributed by atoms with Gasteiger partial charge < -0.3 is 20.1 Å². The van der Waals surface area contributed by atoms with E-state index in [0.29, 0.717) is 48.6 Å². The number of fused-ring (bicyclic) bond motifs is 6. The Hall–Kier alpha value is -4.43. The molecule has 0 radical (unpaired) electrons. The summed E-state index contributed by atoms with van der Waals surface area (Å²) in [5.74, 6) is -1.26. The van der Waals surface area contributed by atoms with Gasteiger partial charge in [-0.1, -0.05) is 13.0 Å². The fraction of sp³-hybridized carbons (Fsp3) is 0.447. The Morgan fingerprint density at radius 1 is 1.08 bits per heavy atom. The smallest absolute Gasteiger partial charge is 0.319 e. The van der Waals surface area contributed by atoms with E-state index < -0.39 is 34.9 Å². The van der Waals surface area contributed by atoms with Crippen molar-refractivity contribution in [3.63, 3.8) is 0 Å². The Bertz CT molecular complexity index is 2220. The van der Waals surface area contributed by atoms with Gasteiger partial charge in [-0.25, -0.2) is 8.78 Å². The van der Waals surface area contributed by atoms with Gasteiger partial charge in [-0.2, -0.15) is 27.5 Å². The van der Waals surface area contributed by atoms with Crippen LogP contribution in [0.4, 0.5) is 32.2 Å². The molecule has 4 aliphatic heterocycles. The van der Waals surface area contributed by atoms with Crippen molar-refractivity contribution in [1.82, 2.24) is 25.2 Å². The first-order valence-electron chi connectivity index (χ1n) is 17.7. The van der Waals surface area contributed by atoms with Crippen LogP contribution in [0.3, 0.4) is 0 Å². The van der Waals surface area contributed by atoms with Crippen molar-refractivity contribution >= 4 is 27.5 Å². The number of piperazine rings is 1. The average Bonchev–Trinajstić information content (AvgIpc) is 3.59. The Morgan fingerprint density at radius 2 is 1.88 bits per heavy atom. The number of benzene rings is 2. The van der Waals surface area contributed by atoms with Crippen LogP contribution in [0, 0.1) is 11.6 Å². The maximum atomic E-state index is 17.1. The first-order valence-corrected chi connectivity index (χ1v) is 17.7. The number of halogens is 6. The monoisotopic (exact) mass is 722 g/mol. The number of rotatable bonds is 7. The summed E-state index contributed by atoms with van der Waals surface area (Å²) in [5, 5.41) is 15.1. The average molecular weight is 723 g/mol. The molecule has 1 spiro atoms. The molecule has 8 nitrogen and oxygen atoms in total. The number of pyridine rings is 1. The molecule has 4 aromatic rings. The first-order chi connectivity index (χ1) is 24.9. The largest absolute Gasteiger partial charge is 0.508 e. The van der Waals surface area contributed by atoms with Crippen LogP contribution in [0.5, 0.6) is 11.8 Å². The van der Waals surface area contributed by atoms with Crippen LogP contribution in [0.25, 0.3) is 32.9 Å². The molecule has 52 heavy (non-hydrogen) atoms. The molecule has 3 atom stereocenters. The van der Waals surface area contributed by atoms with E-state index in [2.05, 4.69) is 20.2 Å². The van der Waals surface area contributed by atoms with Crippen molar-refractivity contribution in [3.05, 3.63) is 71.5 Å². The highest BCUT2D eigenvalue weighted by atomic mass is 19.3. The highest BCUT2D eigenvalue weighted by Crippen LogP contribution is 2.60. The van der Waals surface area contributed by atoms with Gasteiger partial charge in [-0.05, 0) is 85.9 Å². The van der Waals surface area contributed by atoms with E-state index in [4.69, 9.17) is 9.72 Å². The van der Waals surface area contributed by atoms with Crippen molar-refractivity contribution in [3.8, 4) is 23.0 Å². The molecule has 272 valence electrons. The maximum Gasteiger partial charge on any atom is 0.319 e. The summed E-state index contributed by atoms with van der Waals surface area (Å²) in [6.45, 7) is 2.44. The number of nitrogens with one attached hydrogen (secondary N) is 1. The molecule has 2 aromatic heterocycles. The molecular formula is C38H36F6N6O2. The quantitative estimate of drug-likeness (QED) is 0.187. The van der Waals surface area contributed by atoms with Crippen LogP contribution in [-0.4, -0.2) is 73.9 Å². The zero-order valence-electron chi connectivity index (χ0n) is 28.4. The van der Waals surface area contributed by atoms with Crippen molar-refractivity contribution < 1.29 is 36.2 Å². The Balaban J connectivity index is 1.18. The second-order valence-electron chi connectivity index (χ2n) is 15.2. The second kappa shape index (κ2) is 11.8. The topological polar surface area (TPSA) is 86.6 Å². The van der Waals surface area contributed by atoms with Gasteiger partial charge in [0.15, 0.2) is 5.82 Å². The minimum Gasteiger partial charge on any atom is -0.508 e. The number of nitrogens with zero attached hydrogens (tertiary/aromatic N) is 5. The molecule has 14 heteroatoms. The number of hydrogen-bond donors (Lipinski definition) is 2. The number of aromatic nitrogens is 3. The van der Waals surface area contributed by atoms with Crippen molar-refractivity contribution in [2.75, 3.05) is 31.1 Å². The Morgan fingerprint density at radius 3 is 2.63 bits per heavy atom. The van der Waals surface area contributed by atoms with E-state index >= 15 is 8.78 Å². The third-order valence-electron chi connectivity index (χ3n) is 12.1. The number of anilines is 1. The van der Waals surface area contributed by atoms with Crippen LogP contribution in [0.15, 0.2) is 54.3 Å². The van der Waals surface area contributed by atoms with E-state index in [9.17, 15) is 22.7 Å². The minimum atomic E-state index is -1.81. The lowest BCUT2D eigenvalue weighted by Gasteiger charge is -2.40. The maximum absolute atomic E-state index is 17.1. The van der Waals surface area contributed by atoms with Crippen LogP contribution < -0.4 is 15.0 Å². The number of ether oxygens (including phenoxy) is 1. The molecular weight excluding hydrogens is 686 g/mol. The predicted molar refractivity (Wildman–Crippen MR) is 183 cm³/mol. The molecule has 0 amide bonds. The van der Waals surface area contributed by atoms with E-state index in [1.54, 1.807) is 6.92 Å². The predicted octanol–water partition coefficient (Wildman–Crippen LogP) is 7.78. The first kappa shape index (κ1) is 33.4. The third kappa shape index (κ3) is 5.23. The Labute approximate surface area is 295 Å². The van der Waals surface area contributed by atoms with Gasteiger partial charge in [-0.15, -0.1) is 0 Å². The molecule has 3 unspecified atom stereocenters. The van der Waals surface area contributed by atoms with Gasteiger partial charge in [0.2, 0.25) is 0 Å². The lowest BCUT2D eigenvalue weighted by atomic mass is 9.93. The number of aromatic hydroxyl groups is 1. The summed E-state index contributed by atoms with van der Waals surface area (Å²) in [6.07, 6.45) is 3.77. The van der Waals surface area contributed by atoms with Crippen LogP contribution >= 0.6 is 0 Å². The second-order valence-corrected chi connectivity index (χ2v) is 15.2. The van der Waals surface area contributed by atoms with Gasteiger partial charge in [0, 0.05) is 54.6 Å². The lowest BCUT2D eigenvalue weighted by molar-refractivity contribution is 0.0774. The minimum absolute atomic E-state index is 0.00368. The zero-order chi connectivity index (χ0) is 36.2. The molecule has 2 bridgehead atoms. The summed E-state index contributed by atoms with van der Waals surface area (Å²) in [5.41, 5.74) is -1.59. The third-order valence-corrected chi connectivity index (χ3v) is 12.1. The molecule has 4 saturated heterocycles. The highest BCUT2D eigenvalue weighted by molar-refractivity contribution is 6.01. The van der Waals surface area contributed by atoms with E-state index in [-0.39, 0.29) is 83.0 Å².